The molecular formula is C13H25NO4S. The van der Waals surface area contributed by atoms with E-state index in [0.29, 0.717) is 0 Å². The zero-order valence-corrected chi connectivity index (χ0v) is 13.4. The number of carbonyl (C=O) groups excluding carboxylic acids is 1. The minimum atomic E-state index is -4.05. The molecule has 0 aliphatic carbocycles. The third-order valence-electron chi connectivity index (χ3n) is 3.25. The Kier molecular flexibility index (Phi) is 5.77. The minimum absolute atomic E-state index is 0.0973. The third-order valence-corrected chi connectivity index (χ3v) is 3.97. The van der Waals surface area contributed by atoms with Gasteiger partial charge < -0.3 is 5.32 Å². The average molecular weight is 291 g/mol. The Labute approximate surface area is 116 Å². The summed E-state index contributed by atoms with van der Waals surface area (Å²) >= 11 is 0. The molecule has 0 aromatic heterocycles. The predicted octanol–water partition coefficient (Wildman–Crippen LogP) is 2.01. The van der Waals surface area contributed by atoms with Crippen LogP contribution in [0.2, 0.25) is 0 Å². The molecule has 0 bridgehead atoms. The molecule has 2 N–H and O–H groups in total. The third kappa shape index (κ3) is 5.74. The zero-order chi connectivity index (χ0) is 15.5. The lowest BCUT2D eigenvalue weighted by molar-refractivity contribution is -0.132. The van der Waals surface area contributed by atoms with E-state index in [1.54, 1.807) is 0 Å². The van der Waals surface area contributed by atoms with Gasteiger partial charge in [-0.05, 0) is 26.2 Å². The number of hydrogen-bond donors (Lipinski definition) is 2. The monoisotopic (exact) mass is 291 g/mol. The highest BCUT2D eigenvalue weighted by Gasteiger charge is 2.42. The first kappa shape index (κ1) is 18.1. The fraction of sp³-hybridized carbons (Fsp3) is 0.769. The van der Waals surface area contributed by atoms with Gasteiger partial charge in [-0.2, -0.15) is 8.42 Å². The summed E-state index contributed by atoms with van der Waals surface area (Å²) in [5, 5.41) is 2.57. The zero-order valence-electron chi connectivity index (χ0n) is 12.6. The summed E-state index contributed by atoms with van der Waals surface area (Å²) in [6, 6.07) is 0. The summed E-state index contributed by atoms with van der Waals surface area (Å²) in [6.07, 6.45) is 1.88. The summed E-state index contributed by atoms with van der Waals surface area (Å²) < 4.78 is 29.9. The second-order valence-electron chi connectivity index (χ2n) is 6.22. The summed E-state index contributed by atoms with van der Waals surface area (Å²) in [6.45, 7) is 11.4. The number of hydrogen-bond acceptors (Lipinski definition) is 3. The largest absolute Gasteiger partial charge is 0.354 e. The van der Waals surface area contributed by atoms with Crippen molar-refractivity contribution in [2.45, 2.75) is 41.5 Å². The maximum atomic E-state index is 12.3. The summed E-state index contributed by atoms with van der Waals surface area (Å²) in [4.78, 5) is 12.3. The number of carbonyl (C=O) groups is 1. The maximum absolute atomic E-state index is 12.3. The van der Waals surface area contributed by atoms with Gasteiger partial charge in [0.2, 0.25) is 5.91 Å². The lowest BCUT2D eigenvalue weighted by atomic mass is 9.66. The Morgan fingerprint density at radius 1 is 1.21 bits per heavy atom. The maximum Gasteiger partial charge on any atom is 0.266 e. The van der Waals surface area contributed by atoms with Gasteiger partial charge in [-0.3, -0.25) is 9.35 Å². The molecule has 0 aliphatic rings. The van der Waals surface area contributed by atoms with E-state index in [0.717, 1.165) is 5.57 Å². The van der Waals surface area contributed by atoms with Gasteiger partial charge in [-0.25, -0.2) is 0 Å². The van der Waals surface area contributed by atoms with Gasteiger partial charge in [-0.15, -0.1) is 0 Å². The second kappa shape index (κ2) is 6.05. The van der Waals surface area contributed by atoms with Gasteiger partial charge in [0.25, 0.3) is 10.1 Å². The normalized spacial score (nSPS) is 15.5. The molecular weight excluding hydrogens is 266 g/mol. The lowest BCUT2D eigenvalue weighted by Crippen LogP contribution is -2.47. The van der Waals surface area contributed by atoms with E-state index in [-0.39, 0.29) is 17.9 Å². The topological polar surface area (TPSA) is 83.5 Å². The molecule has 0 rings (SSSR count). The van der Waals surface area contributed by atoms with E-state index in [1.807, 2.05) is 47.6 Å². The molecule has 0 saturated carbocycles. The van der Waals surface area contributed by atoms with Crippen LogP contribution < -0.4 is 5.32 Å². The number of nitrogens with one attached hydrogen (secondary N) is 1. The van der Waals surface area contributed by atoms with Gasteiger partial charge in [0.1, 0.15) is 0 Å². The van der Waals surface area contributed by atoms with Crippen molar-refractivity contribution < 1.29 is 17.8 Å². The van der Waals surface area contributed by atoms with Crippen LogP contribution in [-0.2, 0) is 14.9 Å². The van der Waals surface area contributed by atoms with Gasteiger partial charge in [0.15, 0.2) is 0 Å². The van der Waals surface area contributed by atoms with E-state index in [9.17, 15) is 13.2 Å². The van der Waals surface area contributed by atoms with Crippen molar-refractivity contribution in [3.63, 3.8) is 0 Å². The first-order valence-corrected chi connectivity index (χ1v) is 7.80. The Morgan fingerprint density at radius 2 is 1.68 bits per heavy atom. The molecule has 6 heteroatoms. The Hall–Kier alpha value is -0.880. The quantitative estimate of drug-likeness (QED) is 0.599. The van der Waals surface area contributed by atoms with Crippen LogP contribution >= 0.6 is 0 Å². The first-order chi connectivity index (χ1) is 8.29. The molecule has 112 valence electrons. The van der Waals surface area contributed by atoms with Crippen LogP contribution in [0.25, 0.3) is 0 Å². The van der Waals surface area contributed by atoms with Crippen LogP contribution in [0, 0.1) is 10.8 Å². The van der Waals surface area contributed by atoms with Crippen molar-refractivity contribution >= 4 is 16.0 Å². The van der Waals surface area contributed by atoms with Crippen LogP contribution in [0.15, 0.2) is 11.6 Å². The Balaban J connectivity index is 5.02. The molecule has 0 aliphatic heterocycles. The molecule has 1 amide bonds. The average Bonchev–Trinajstić information content (AvgIpc) is 2.12. The molecule has 0 spiro atoms. The van der Waals surface area contributed by atoms with E-state index in [4.69, 9.17) is 4.55 Å². The molecule has 0 saturated heterocycles. The molecule has 0 fully saturated rings. The van der Waals surface area contributed by atoms with E-state index in [1.165, 1.54) is 0 Å². The molecule has 1 unspecified atom stereocenters. The van der Waals surface area contributed by atoms with Crippen molar-refractivity contribution in [2.24, 2.45) is 10.8 Å². The van der Waals surface area contributed by atoms with Gasteiger partial charge >= 0.3 is 0 Å². The van der Waals surface area contributed by atoms with Crippen LogP contribution in [0.3, 0.4) is 0 Å². The molecule has 0 aromatic carbocycles. The number of rotatable bonds is 5. The summed E-state index contributed by atoms with van der Waals surface area (Å²) in [5.41, 5.74) is -0.0420. The number of allylic oxidation sites excluding steroid dienone is 1. The van der Waals surface area contributed by atoms with Crippen molar-refractivity contribution in [1.29, 1.82) is 0 Å². The predicted molar refractivity (Wildman–Crippen MR) is 76.4 cm³/mol. The van der Waals surface area contributed by atoms with Gasteiger partial charge in [0.05, 0.1) is 11.2 Å². The van der Waals surface area contributed by atoms with Gasteiger partial charge in [0, 0.05) is 6.54 Å². The standard InChI is InChI=1S/C13H25NO4S/c1-10(2)9-13(6,12(3,4)5)11(15)14-7-8-19(16,17)18/h9H,7-8H2,1-6H3,(H,14,15)(H,16,17,18). The van der Waals surface area contributed by atoms with E-state index >= 15 is 0 Å². The van der Waals surface area contributed by atoms with Crippen molar-refractivity contribution in [3.05, 3.63) is 11.6 Å². The Bertz CT molecular complexity index is 456. The summed E-state index contributed by atoms with van der Waals surface area (Å²) in [7, 11) is -4.05. The first-order valence-electron chi connectivity index (χ1n) is 6.19. The fourth-order valence-corrected chi connectivity index (χ4v) is 2.04. The Morgan fingerprint density at radius 3 is 2.00 bits per heavy atom. The SMILES string of the molecule is CC(C)=CC(C)(C(=O)NCCS(=O)(=O)O)C(C)(C)C. The highest BCUT2D eigenvalue weighted by atomic mass is 32.2. The van der Waals surface area contributed by atoms with Crippen LogP contribution in [0.4, 0.5) is 0 Å². The smallest absolute Gasteiger partial charge is 0.266 e. The highest BCUT2D eigenvalue weighted by Crippen LogP contribution is 2.40. The second-order valence-corrected chi connectivity index (χ2v) is 7.79. The molecule has 5 nitrogen and oxygen atoms in total. The van der Waals surface area contributed by atoms with Gasteiger partial charge in [-0.1, -0.05) is 32.4 Å². The van der Waals surface area contributed by atoms with Crippen molar-refractivity contribution in [2.75, 3.05) is 12.3 Å². The molecule has 0 aromatic rings. The minimum Gasteiger partial charge on any atom is -0.354 e. The molecule has 0 heterocycles. The fourth-order valence-electron chi connectivity index (χ4n) is 1.68. The van der Waals surface area contributed by atoms with Crippen LogP contribution in [-0.4, -0.2) is 31.2 Å². The summed E-state index contributed by atoms with van der Waals surface area (Å²) in [5.74, 6) is -0.724. The van der Waals surface area contributed by atoms with Crippen LogP contribution in [0.1, 0.15) is 41.5 Å². The van der Waals surface area contributed by atoms with E-state index in [2.05, 4.69) is 5.32 Å². The molecule has 1 atom stereocenters. The van der Waals surface area contributed by atoms with Crippen LogP contribution in [0.5, 0.6) is 0 Å². The molecule has 19 heavy (non-hydrogen) atoms. The van der Waals surface area contributed by atoms with Crippen molar-refractivity contribution in [1.82, 2.24) is 5.32 Å². The molecule has 0 radical (unpaired) electrons. The highest BCUT2D eigenvalue weighted by molar-refractivity contribution is 7.85. The lowest BCUT2D eigenvalue weighted by Gasteiger charge is -2.38. The van der Waals surface area contributed by atoms with Crippen molar-refractivity contribution in [3.8, 4) is 0 Å². The van der Waals surface area contributed by atoms with E-state index < -0.39 is 21.3 Å². The number of amides is 1.